The van der Waals surface area contributed by atoms with Gasteiger partial charge in [-0.25, -0.2) is 0 Å². The van der Waals surface area contributed by atoms with Crippen LogP contribution in [0.3, 0.4) is 0 Å². The molecule has 3 heteroatoms. The number of ether oxygens (including phenoxy) is 1. The van der Waals surface area contributed by atoms with Crippen LogP contribution in [-0.2, 0) is 4.74 Å². The monoisotopic (exact) mass is 201 g/mol. The standard InChI is InChI=1S/C10H15NO.ClH/c1-12-8-7-10(11)9-5-3-2-4-6-9;/h2-6,10H,7-8,11H2,1H3;1H/t10-;/m0./s1. The zero-order valence-corrected chi connectivity index (χ0v) is 8.59. The highest BCUT2D eigenvalue weighted by Crippen LogP contribution is 2.12. The van der Waals surface area contributed by atoms with Crippen LogP contribution >= 0.6 is 12.4 Å². The van der Waals surface area contributed by atoms with E-state index in [9.17, 15) is 0 Å². The van der Waals surface area contributed by atoms with Gasteiger partial charge in [0.15, 0.2) is 0 Å². The van der Waals surface area contributed by atoms with Crippen molar-refractivity contribution < 1.29 is 4.74 Å². The lowest BCUT2D eigenvalue weighted by atomic mass is 10.1. The van der Waals surface area contributed by atoms with Crippen LogP contribution in [0, 0.1) is 0 Å². The van der Waals surface area contributed by atoms with Gasteiger partial charge in [0, 0.05) is 19.8 Å². The summed E-state index contributed by atoms with van der Waals surface area (Å²) in [6.07, 6.45) is 0.876. The highest BCUT2D eigenvalue weighted by atomic mass is 35.5. The second kappa shape index (κ2) is 6.89. The fraction of sp³-hybridized carbons (Fsp3) is 0.400. The van der Waals surface area contributed by atoms with Crippen LogP contribution in [-0.4, -0.2) is 13.7 Å². The molecule has 74 valence electrons. The smallest absolute Gasteiger partial charge is 0.0480 e. The van der Waals surface area contributed by atoms with Crippen LogP contribution in [0.2, 0.25) is 0 Å². The third kappa shape index (κ3) is 4.27. The molecule has 2 nitrogen and oxygen atoms in total. The molecule has 0 radical (unpaired) electrons. The van der Waals surface area contributed by atoms with Gasteiger partial charge in [-0.05, 0) is 12.0 Å². The molecule has 0 aromatic heterocycles. The van der Waals surface area contributed by atoms with Gasteiger partial charge in [0.05, 0.1) is 0 Å². The Hall–Kier alpha value is -0.570. The van der Waals surface area contributed by atoms with E-state index >= 15 is 0 Å². The first-order chi connectivity index (χ1) is 5.84. The molecular weight excluding hydrogens is 186 g/mol. The van der Waals surface area contributed by atoms with Crippen LogP contribution < -0.4 is 5.73 Å². The summed E-state index contributed by atoms with van der Waals surface area (Å²) < 4.78 is 4.95. The molecule has 0 amide bonds. The molecule has 1 rings (SSSR count). The molecule has 0 bridgehead atoms. The largest absolute Gasteiger partial charge is 0.385 e. The van der Waals surface area contributed by atoms with Crippen molar-refractivity contribution in [3.63, 3.8) is 0 Å². The topological polar surface area (TPSA) is 35.2 Å². The molecule has 1 aromatic carbocycles. The van der Waals surface area contributed by atoms with Crippen molar-refractivity contribution in [1.82, 2.24) is 0 Å². The van der Waals surface area contributed by atoms with Crippen molar-refractivity contribution in [2.24, 2.45) is 5.73 Å². The van der Waals surface area contributed by atoms with Gasteiger partial charge < -0.3 is 10.5 Å². The Bertz CT molecular complexity index is 215. The highest BCUT2D eigenvalue weighted by Gasteiger charge is 2.03. The third-order valence-corrected chi connectivity index (χ3v) is 1.86. The lowest BCUT2D eigenvalue weighted by Gasteiger charge is -2.10. The van der Waals surface area contributed by atoms with Crippen molar-refractivity contribution in [3.05, 3.63) is 35.9 Å². The molecule has 2 N–H and O–H groups in total. The molecule has 0 saturated heterocycles. The third-order valence-electron chi connectivity index (χ3n) is 1.86. The maximum absolute atomic E-state index is 5.90. The van der Waals surface area contributed by atoms with Gasteiger partial charge in [-0.2, -0.15) is 0 Å². The normalized spacial score (nSPS) is 11.8. The number of nitrogens with two attached hydrogens (primary N) is 1. The molecule has 0 fully saturated rings. The SMILES string of the molecule is COCC[C@H](N)c1ccccc1.Cl. The van der Waals surface area contributed by atoms with E-state index in [2.05, 4.69) is 0 Å². The molecule has 13 heavy (non-hydrogen) atoms. The lowest BCUT2D eigenvalue weighted by Crippen LogP contribution is -2.12. The molecule has 0 aliphatic rings. The van der Waals surface area contributed by atoms with Gasteiger partial charge in [-0.15, -0.1) is 12.4 Å². The van der Waals surface area contributed by atoms with Gasteiger partial charge in [-0.1, -0.05) is 30.3 Å². The van der Waals surface area contributed by atoms with Gasteiger partial charge >= 0.3 is 0 Å². The summed E-state index contributed by atoms with van der Waals surface area (Å²) in [6, 6.07) is 10.2. The second-order valence-corrected chi connectivity index (χ2v) is 2.80. The molecule has 0 aliphatic heterocycles. The summed E-state index contributed by atoms with van der Waals surface area (Å²) >= 11 is 0. The molecule has 1 aromatic rings. The Labute approximate surface area is 85.5 Å². The summed E-state index contributed by atoms with van der Waals surface area (Å²) in [4.78, 5) is 0. The Morgan fingerprint density at radius 1 is 1.31 bits per heavy atom. The first-order valence-electron chi connectivity index (χ1n) is 4.14. The molecular formula is C10H16ClNO. The van der Waals surface area contributed by atoms with Crippen molar-refractivity contribution >= 4 is 12.4 Å². The fourth-order valence-corrected chi connectivity index (χ4v) is 1.11. The highest BCUT2D eigenvalue weighted by molar-refractivity contribution is 5.85. The molecule has 0 saturated carbocycles. The second-order valence-electron chi connectivity index (χ2n) is 2.80. The predicted octanol–water partition coefficient (Wildman–Crippen LogP) is 2.14. The van der Waals surface area contributed by atoms with Crippen molar-refractivity contribution in [3.8, 4) is 0 Å². The fourth-order valence-electron chi connectivity index (χ4n) is 1.11. The van der Waals surface area contributed by atoms with Crippen LogP contribution in [0.25, 0.3) is 0 Å². The van der Waals surface area contributed by atoms with E-state index in [1.165, 1.54) is 5.56 Å². The van der Waals surface area contributed by atoms with E-state index in [-0.39, 0.29) is 18.4 Å². The number of methoxy groups -OCH3 is 1. The van der Waals surface area contributed by atoms with Crippen molar-refractivity contribution in [2.75, 3.05) is 13.7 Å². The van der Waals surface area contributed by atoms with Crippen molar-refractivity contribution in [2.45, 2.75) is 12.5 Å². The van der Waals surface area contributed by atoms with Gasteiger partial charge in [0.2, 0.25) is 0 Å². The minimum Gasteiger partial charge on any atom is -0.385 e. The number of benzene rings is 1. The quantitative estimate of drug-likeness (QED) is 0.810. The minimum atomic E-state index is 0. The van der Waals surface area contributed by atoms with Crippen LogP contribution in [0.5, 0.6) is 0 Å². The lowest BCUT2D eigenvalue weighted by molar-refractivity contribution is 0.188. The summed E-state index contributed by atoms with van der Waals surface area (Å²) in [7, 11) is 1.69. The average molecular weight is 202 g/mol. The van der Waals surface area contributed by atoms with E-state index in [0.717, 1.165) is 13.0 Å². The summed E-state index contributed by atoms with van der Waals surface area (Å²) in [5.41, 5.74) is 7.08. The number of halogens is 1. The van der Waals surface area contributed by atoms with Gasteiger partial charge in [0.25, 0.3) is 0 Å². The predicted molar refractivity (Wildman–Crippen MR) is 57.1 cm³/mol. The van der Waals surface area contributed by atoms with Crippen LogP contribution in [0.1, 0.15) is 18.0 Å². The Morgan fingerprint density at radius 3 is 2.46 bits per heavy atom. The maximum Gasteiger partial charge on any atom is 0.0480 e. The Morgan fingerprint density at radius 2 is 1.92 bits per heavy atom. The summed E-state index contributed by atoms with van der Waals surface area (Å²) in [5, 5.41) is 0. The first kappa shape index (κ1) is 12.4. The van der Waals surface area contributed by atoms with Crippen LogP contribution in [0.15, 0.2) is 30.3 Å². The Kier molecular flexibility index (Phi) is 6.59. The average Bonchev–Trinajstić information content (AvgIpc) is 2.15. The van der Waals surface area contributed by atoms with Gasteiger partial charge in [0.1, 0.15) is 0 Å². The number of rotatable bonds is 4. The zero-order valence-electron chi connectivity index (χ0n) is 7.77. The van der Waals surface area contributed by atoms with Gasteiger partial charge in [-0.3, -0.25) is 0 Å². The van der Waals surface area contributed by atoms with E-state index < -0.39 is 0 Å². The molecule has 1 atom stereocenters. The van der Waals surface area contributed by atoms with Crippen molar-refractivity contribution in [1.29, 1.82) is 0 Å². The number of hydrogen-bond acceptors (Lipinski definition) is 2. The first-order valence-corrected chi connectivity index (χ1v) is 4.14. The van der Waals surface area contributed by atoms with E-state index in [0.29, 0.717) is 0 Å². The van der Waals surface area contributed by atoms with Crippen LogP contribution in [0.4, 0.5) is 0 Å². The molecule has 0 aliphatic carbocycles. The number of hydrogen-bond donors (Lipinski definition) is 1. The van der Waals surface area contributed by atoms with E-state index in [1.807, 2.05) is 30.3 Å². The maximum atomic E-state index is 5.90. The molecule has 0 spiro atoms. The van der Waals surface area contributed by atoms with E-state index in [4.69, 9.17) is 10.5 Å². The summed E-state index contributed by atoms with van der Waals surface area (Å²) in [6.45, 7) is 0.718. The Balaban J connectivity index is 0.00000144. The van der Waals surface area contributed by atoms with E-state index in [1.54, 1.807) is 7.11 Å². The minimum absolute atomic E-state index is 0. The molecule has 0 unspecified atom stereocenters. The summed E-state index contributed by atoms with van der Waals surface area (Å²) in [5.74, 6) is 0. The molecule has 0 heterocycles. The zero-order chi connectivity index (χ0) is 8.81.